The average Bonchev–Trinajstić information content (AvgIpc) is 3.09. The molecule has 6 heteroatoms. The lowest BCUT2D eigenvalue weighted by molar-refractivity contribution is 0.487. The van der Waals surface area contributed by atoms with Crippen molar-refractivity contribution in [3.63, 3.8) is 0 Å². The molecule has 0 aliphatic heterocycles. The quantitative estimate of drug-likeness (QED) is 0.376. The van der Waals surface area contributed by atoms with E-state index in [1.54, 1.807) is 24.3 Å². The Morgan fingerprint density at radius 3 is 2.35 bits per heavy atom. The van der Waals surface area contributed by atoms with Gasteiger partial charge in [0.15, 0.2) is 0 Å². The summed E-state index contributed by atoms with van der Waals surface area (Å²) >= 11 is 0. The standard InChI is InChI=1S/C25H22N2O3S/c1-16-10-12-18-21-15-17(11-13-22(21)26-23(18)14-16)30-31(28,29)25-9-5-6-19-20(25)7-4-8-24(19)27(2)3/h4-15,26H,1-3H3. The lowest BCUT2D eigenvalue weighted by atomic mass is 10.1. The molecule has 1 aromatic heterocycles. The molecule has 0 aliphatic carbocycles. The van der Waals surface area contributed by atoms with Gasteiger partial charge in [0.05, 0.1) is 0 Å². The molecule has 0 saturated carbocycles. The van der Waals surface area contributed by atoms with Crippen LogP contribution in [0.5, 0.6) is 5.75 Å². The highest BCUT2D eigenvalue weighted by Gasteiger charge is 2.21. The number of nitrogens with one attached hydrogen (secondary N) is 1. The smallest absolute Gasteiger partial charge is 0.339 e. The molecular weight excluding hydrogens is 408 g/mol. The third kappa shape index (κ3) is 3.29. The molecule has 0 bridgehead atoms. The van der Waals surface area contributed by atoms with Crippen LogP contribution in [0.2, 0.25) is 0 Å². The van der Waals surface area contributed by atoms with Crippen LogP contribution in [-0.4, -0.2) is 27.5 Å². The summed E-state index contributed by atoms with van der Waals surface area (Å²) in [5, 5.41) is 3.46. The van der Waals surface area contributed by atoms with Gasteiger partial charge in [-0.3, -0.25) is 0 Å². The van der Waals surface area contributed by atoms with E-state index >= 15 is 0 Å². The third-order valence-corrected chi connectivity index (χ3v) is 6.85. The Kier molecular flexibility index (Phi) is 4.41. The number of anilines is 1. The molecule has 0 saturated heterocycles. The number of nitrogens with zero attached hydrogens (tertiary/aromatic N) is 1. The number of fused-ring (bicyclic) bond motifs is 4. The lowest BCUT2D eigenvalue weighted by Crippen LogP contribution is -2.12. The minimum Gasteiger partial charge on any atom is -0.379 e. The second kappa shape index (κ2) is 7.03. The van der Waals surface area contributed by atoms with Crippen LogP contribution in [0.3, 0.4) is 0 Å². The summed E-state index contributed by atoms with van der Waals surface area (Å²) in [4.78, 5) is 5.49. The number of hydrogen-bond acceptors (Lipinski definition) is 4. The minimum absolute atomic E-state index is 0.156. The number of hydrogen-bond donors (Lipinski definition) is 1. The molecule has 0 aliphatic rings. The first-order chi connectivity index (χ1) is 14.8. The van der Waals surface area contributed by atoms with Crippen molar-refractivity contribution in [2.45, 2.75) is 11.8 Å². The monoisotopic (exact) mass is 430 g/mol. The van der Waals surface area contributed by atoms with Crippen LogP contribution in [0.15, 0.2) is 77.7 Å². The Morgan fingerprint density at radius 1 is 0.774 bits per heavy atom. The van der Waals surface area contributed by atoms with Crippen LogP contribution >= 0.6 is 0 Å². The normalized spacial score (nSPS) is 12.0. The van der Waals surface area contributed by atoms with Crippen LogP contribution in [0.1, 0.15) is 5.56 Å². The van der Waals surface area contributed by atoms with E-state index in [1.807, 2.05) is 68.4 Å². The summed E-state index contributed by atoms with van der Waals surface area (Å²) in [7, 11) is -0.153. The van der Waals surface area contributed by atoms with E-state index in [0.717, 1.165) is 38.4 Å². The fourth-order valence-electron chi connectivity index (χ4n) is 4.09. The second-order valence-electron chi connectivity index (χ2n) is 7.94. The highest BCUT2D eigenvalue weighted by atomic mass is 32.2. The van der Waals surface area contributed by atoms with Crippen molar-refractivity contribution in [2.75, 3.05) is 19.0 Å². The summed E-state index contributed by atoms with van der Waals surface area (Å²) in [5.74, 6) is 0.287. The Bertz CT molecular complexity index is 1570. The van der Waals surface area contributed by atoms with E-state index in [1.165, 1.54) is 0 Å². The number of aromatic nitrogens is 1. The highest BCUT2D eigenvalue weighted by molar-refractivity contribution is 7.87. The molecule has 31 heavy (non-hydrogen) atoms. The van der Waals surface area contributed by atoms with E-state index in [0.29, 0.717) is 5.39 Å². The summed E-state index contributed by atoms with van der Waals surface area (Å²) in [6.07, 6.45) is 0. The van der Waals surface area contributed by atoms with Gasteiger partial charge in [-0.1, -0.05) is 36.4 Å². The van der Waals surface area contributed by atoms with Gasteiger partial charge in [0.2, 0.25) is 0 Å². The maximum absolute atomic E-state index is 13.2. The Morgan fingerprint density at radius 2 is 1.55 bits per heavy atom. The first kappa shape index (κ1) is 19.5. The molecule has 0 spiro atoms. The zero-order chi connectivity index (χ0) is 21.8. The van der Waals surface area contributed by atoms with Crippen LogP contribution in [-0.2, 0) is 10.1 Å². The molecule has 0 radical (unpaired) electrons. The van der Waals surface area contributed by atoms with Gasteiger partial charge < -0.3 is 14.1 Å². The molecule has 5 nitrogen and oxygen atoms in total. The maximum atomic E-state index is 13.2. The number of benzene rings is 4. The van der Waals surface area contributed by atoms with Crippen LogP contribution in [0, 0.1) is 6.92 Å². The van der Waals surface area contributed by atoms with Gasteiger partial charge in [-0.15, -0.1) is 0 Å². The van der Waals surface area contributed by atoms with E-state index in [2.05, 4.69) is 11.1 Å². The molecule has 0 fully saturated rings. The highest BCUT2D eigenvalue weighted by Crippen LogP contribution is 2.33. The largest absolute Gasteiger partial charge is 0.379 e. The van der Waals surface area contributed by atoms with Gasteiger partial charge in [0.1, 0.15) is 10.6 Å². The second-order valence-corrected chi connectivity index (χ2v) is 9.46. The summed E-state index contributed by atoms with van der Waals surface area (Å²) in [6.45, 7) is 2.04. The molecule has 1 heterocycles. The Labute approximate surface area is 181 Å². The van der Waals surface area contributed by atoms with Gasteiger partial charge in [0.25, 0.3) is 0 Å². The van der Waals surface area contributed by atoms with E-state index in [9.17, 15) is 8.42 Å². The third-order valence-electron chi connectivity index (χ3n) is 5.54. The topological polar surface area (TPSA) is 62.4 Å². The van der Waals surface area contributed by atoms with Crippen molar-refractivity contribution in [3.05, 3.63) is 78.4 Å². The number of aromatic amines is 1. The molecule has 156 valence electrons. The zero-order valence-electron chi connectivity index (χ0n) is 17.5. The van der Waals surface area contributed by atoms with Crippen molar-refractivity contribution in [3.8, 4) is 5.75 Å². The molecule has 1 N–H and O–H groups in total. The summed E-state index contributed by atoms with van der Waals surface area (Å²) < 4.78 is 32.1. The lowest BCUT2D eigenvalue weighted by Gasteiger charge is -2.17. The zero-order valence-corrected chi connectivity index (χ0v) is 18.3. The van der Waals surface area contributed by atoms with Crippen molar-refractivity contribution < 1.29 is 12.6 Å². The molecule has 0 atom stereocenters. The molecule has 4 aromatic carbocycles. The number of H-pyrrole nitrogens is 1. The predicted octanol–water partition coefficient (Wildman–Crippen LogP) is 5.62. The summed E-state index contributed by atoms with van der Waals surface area (Å²) in [5.41, 5.74) is 4.06. The number of aryl methyl sites for hydroxylation is 1. The molecular formula is C25H22N2O3S. The Balaban J connectivity index is 1.60. The molecule has 5 aromatic rings. The molecule has 0 unspecified atom stereocenters. The first-order valence-electron chi connectivity index (χ1n) is 9.99. The van der Waals surface area contributed by atoms with Crippen molar-refractivity contribution in [1.29, 1.82) is 0 Å². The van der Waals surface area contributed by atoms with Gasteiger partial charge in [-0.2, -0.15) is 8.42 Å². The average molecular weight is 431 g/mol. The van der Waals surface area contributed by atoms with Gasteiger partial charge in [0, 0.05) is 52.4 Å². The first-order valence-corrected chi connectivity index (χ1v) is 11.4. The van der Waals surface area contributed by atoms with Gasteiger partial charge in [-0.25, -0.2) is 0 Å². The van der Waals surface area contributed by atoms with Crippen molar-refractivity contribution >= 4 is 48.4 Å². The number of rotatable bonds is 4. The van der Waals surface area contributed by atoms with Crippen LogP contribution in [0.25, 0.3) is 32.6 Å². The molecule has 0 amide bonds. The summed E-state index contributed by atoms with van der Waals surface area (Å²) in [6, 6.07) is 22.3. The van der Waals surface area contributed by atoms with E-state index < -0.39 is 10.1 Å². The Hall–Kier alpha value is -3.51. The molecule has 5 rings (SSSR count). The van der Waals surface area contributed by atoms with Crippen LogP contribution < -0.4 is 9.08 Å². The minimum atomic E-state index is -4.02. The SMILES string of the molecule is Cc1ccc2c(c1)[nH]c1ccc(OS(=O)(=O)c3cccc4c(N(C)C)cccc34)cc12. The fourth-order valence-corrected chi connectivity index (χ4v) is 5.23. The fraction of sp³-hybridized carbons (Fsp3) is 0.120. The van der Waals surface area contributed by atoms with Crippen LogP contribution in [0.4, 0.5) is 5.69 Å². The van der Waals surface area contributed by atoms with Gasteiger partial charge in [-0.05, 0) is 48.9 Å². The van der Waals surface area contributed by atoms with E-state index in [-0.39, 0.29) is 10.6 Å². The van der Waals surface area contributed by atoms with Gasteiger partial charge >= 0.3 is 10.1 Å². The predicted molar refractivity (Wildman–Crippen MR) is 127 cm³/mol. The van der Waals surface area contributed by atoms with Crippen molar-refractivity contribution in [1.82, 2.24) is 4.98 Å². The van der Waals surface area contributed by atoms with Crippen molar-refractivity contribution in [2.24, 2.45) is 0 Å². The van der Waals surface area contributed by atoms with E-state index in [4.69, 9.17) is 4.18 Å². The maximum Gasteiger partial charge on any atom is 0.339 e.